The summed E-state index contributed by atoms with van der Waals surface area (Å²) in [6.07, 6.45) is 2.35. The second-order valence-electron chi connectivity index (χ2n) is 8.22. The molecule has 1 N–H and O–H groups in total. The van der Waals surface area contributed by atoms with Gasteiger partial charge in [-0.1, -0.05) is 35.9 Å². The van der Waals surface area contributed by atoms with Gasteiger partial charge in [-0.05, 0) is 55.3 Å². The Balaban J connectivity index is 1.69. The highest BCUT2D eigenvalue weighted by atomic mass is 16.5. The number of aromatic nitrogens is 1. The SMILES string of the molecule is Cc1ccc(C2C(=C(O)c3ccc4c(c3)CC(C)O4)C(=O)C(=O)N2c2ccccn2)cc1. The largest absolute Gasteiger partial charge is 0.507 e. The molecule has 2 unspecified atom stereocenters. The molecule has 0 aliphatic carbocycles. The van der Waals surface area contributed by atoms with Crippen molar-refractivity contribution in [1.82, 2.24) is 4.98 Å². The number of amides is 1. The molecule has 2 aromatic carbocycles. The lowest BCUT2D eigenvalue weighted by Gasteiger charge is -2.24. The number of anilines is 1. The van der Waals surface area contributed by atoms with Gasteiger partial charge in [-0.3, -0.25) is 14.5 Å². The minimum Gasteiger partial charge on any atom is -0.507 e. The number of fused-ring (bicyclic) bond motifs is 1. The van der Waals surface area contributed by atoms with Crippen molar-refractivity contribution in [1.29, 1.82) is 0 Å². The molecule has 2 atom stereocenters. The van der Waals surface area contributed by atoms with Crippen LogP contribution in [-0.4, -0.2) is 27.9 Å². The number of nitrogens with zero attached hydrogens (tertiary/aromatic N) is 2. The summed E-state index contributed by atoms with van der Waals surface area (Å²) in [5.41, 5.74) is 3.28. The van der Waals surface area contributed by atoms with Crippen molar-refractivity contribution in [3.63, 3.8) is 0 Å². The van der Waals surface area contributed by atoms with E-state index in [1.165, 1.54) is 4.90 Å². The zero-order valence-electron chi connectivity index (χ0n) is 17.8. The second kappa shape index (κ2) is 7.64. The van der Waals surface area contributed by atoms with Gasteiger partial charge in [0.25, 0.3) is 5.78 Å². The first-order chi connectivity index (χ1) is 15.4. The van der Waals surface area contributed by atoms with Crippen molar-refractivity contribution in [3.05, 3.63) is 94.7 Å². The number of hydrogen-bond acceptors (Lipinski definition) is 5. The Morgan fingerprint density at radius 2 is 1.88 bits per heavy atom. The maximum atomic E-state index is 13.2. The first kappa shape index (κ1) is 20.0. The van der Waals surface area contributed by atoms with Crippen LogP contribution in [-0.2, 0) is 16.0 Å². The standard InChI is InChI=1S/C26H22N2O4/c1-15-6-8-17(9-7-15)23-22(25(30)26(31)28(23)21-5-3-4-12-27-21)24(29)18-10-11-20-19(14-18)13-16(2)32-20/h3-12,14,16,23,29H,13H2,1-2H3. The number of rotatable bonds is 3. The van der Waals surface area contributed by atoms with Crippen molar-refractivity contribution >= 4 is 23.3 Å². The molecule has 0 radical (unpaired) electrons. The normalized spacial score (nSPS) is 21.5. The Kier molecular flexibility index (Phi) is 4.78. The molecule has 160 valence electrons. The molecule has 1 amide bonds. The number of aliphatic hydroxyl groups excluding tert-OH is 1. The molecule has 32 heavy (non-hydrogen) atoms. The molecular weight excluding hydrogens is 404 g/mol. The Bertz CT molecular complexity index is 1250. The fraction of sp³-hybridized carbons (Fsp3) is 0.192. The average Bonchev–Trinajstić information content (AvgIpc) is 3.30. The number of ketones is 1. The summed E-state index contributed by atoms with van der Waals surface area (Å²) in [5, 5.41) is 11.3. The third-order valence-electron chi connectivity index (χ3n) is 5.90. The Labute approximate surface area is 185 Å². The van der Waals surface area contributed by atoms with Gasteiger partial charge in [-0.25, -0.2) is 4.98 Å². The van der Waals surface area contributed by atoms with Gasteiger partial charge >= 0.3 is 5.91 Å². The maximum Gasteiger partial charge on any atom is 0.301 e. The second-order valence-corrected chi connectivity index (χ2v) is 8.22. The third-order valence-corrected chi connectivity index (χ3v) is 5.90. The molecular formula is C26H22N2O4. The van der Waals surface area contributed by atoms with Crippen LogP contribution in [0.1, 0.15) is 35.2 Å². The lowest BCUT2D eigenvalue weighted by atomic mass is 9.94. The number of carbonyl (C=O) groups excluding carboxylic acids is 2. The topological polar surface area (TPSA) is 79.7 Å². The van der Waals surface area contributed by atoms with Gasteiger partial charge in [0.15, 0.2) is 0 Å². The van der Waals surface area contributed by atoms with Gasteiger partial charge < -0.3 is 9.84 Å². The average molecular weight is 426 g/mol. The molecule has 0 bridgehead atoms. The molecule has 5 rings (SSSR count). The predicted molar refractivity (Wildman–Crippen MR) is 120 cm³/mol. The van der Waals surface area contributed by atoms with E-state index in [4.69, 9.17) is 4.74 Å². The van der Waals surface area contributed by atoms with E-state index >= 15 is 0 Å². The predicted octanol–water partition coefficient (Wildman–Crippen LogP) is 4.34. The summed E-state index contributed by atoms with van der Waals surface area (Å²) in [4.78, 5) is 31.9. The van der Waals surface area contributed by atoms with Crippen LogP contribution in [0.2, 0.25) is 0 Å². The summed E-state index contributed by atoms with van der Waals surface area (Å²) in [6.45, 7) is 3.95. The van der Waals surface area contributed by atoms with Crippen LogP contribution in [0.15, 0.2) is 72.4 Å². The monoisotopic (exact) mass is 426 g/mol. The van der Waals surface area contributed by atoms with E-state index in [9.17, 15) is 14.7 Å². The zero-order chi connectivity index (χ0) is 22.4. The van der Waals surface area contributed by atoms with Crippen LogP contribution in [0, 0.1) is 6.92 Å². The van der Waals surface area contributed by atoms with E-state index < -0.39 is 17.7 Å². The van der Waals surface area contributed by atoms with E-state index in [1.54, 1.807) is 36.5 Å². The van der Waals surface area contributed by atoms with Gasteiger partial charge in [0, 0.05) is 18.2 Å². The smallest absolute Gasteiger partial charge is 0.301 e. The number of aryl methyl sites for hydroxylation is 1. The number of pyridine rings is 1. The number of hydrogen-bond donors (Lipinski definition) is 1. The Morgan fingerprint density at radius 1 is 1.09 bits per heavy atom. The zero-order valence-corrected chi connectivity index (χ0v) is 17.8. The fourth-order valence-corrected chi connectivity index (χ4v) is 4.35. The number of benzene rings is 2. The van der Waals surface area contributed by atoms with E-state index in [-0.39, 0.29) is 17.4 Å². The van der Waals surface area contributed by atoms with Gasteiger partial charge in [0.1, 0.15) is 23.4 Å². The molecule has 1 fully saturated rings. The third kappa shape index (κ3) is 3.24. The lowest BCUT2D eigenvalue weighted by Crippen LogP contribution is -2.30. The van der Waals surface area contributed by atoms with Crippen molar-refractivity contribution in [3.8, 4) is 5.75 Å². The molecule has 2 aliphatic heterocycles. The van der Waals surface area contributed by atoms with Gasteiger partial charge in [0.05, 0.1) is 11.6 Å². The van der Waals surface area contributed by atoms with Crippen molar-refractivity contribution in [2.75, 3.05) is 4.90 Å². The van der Waals surface area contributed by atoms with Crippen LogP contribution in [0.3, 0.4) is 0 Å². The van der Waals surface area contributed by atoms with Crippen molar-refractivity contribution in [2.24, 2.45) is 0 Å². The minimum atomic E-state index is -0.783. The number of aliphatic hydroxyl groups is 1. The molecule has 0 spiro atoms. The number of Topliss-reactive ketones (excluding diaryl/α,β-unsaturated/α-hetero) is 1. The summed E-state index contributed by atoms with van der Waals surface area (Å²) in [5.74, 6) is -0.513. The number of carbonyl (C=O) groups is 2. The van der Waals surface area contributed by atoms with Gasteiger partial charge in [0.2, 0.25) is 0 Å². The van der Waals surface area contributed by atoms with Gasteiger partial charge in [-0.15, -0.1) is 0 Å². The van der Waals surface area contributed by atoms with Crippen molar-refractivity contribution < 1.29 is 19.4 Å². The fourth-order valence-electron chi connectivity index (χ4n) is 4.35. The molecule has 3 aromatic rings. The van der Waals surface area contributed by atoms with Crippen LogP contribution >= 0.6 is 0 Å². The lowest BCUT2D eigenvalue weighted by molar-refractivity contribution is -0.132. The highest BCUT2D eigenvalue weighted by Crippen LogP contribution is 2.42. The molecule has 0 saturated carbocycles. The summed E-state index contributed by atoms with van der Waals surface area (Å²) >= 11 is 0. The Morgan fingerprint density at radius 3 is 2.59 bits per heavy atom. The van der Waals surface area contributed by atoms with Crippen LogP contribution in [0.4, 0.5) is 5.82 Å². The quantitative estimate of drug-likeness (QED) is 0.383. The molecule has 6 nitrogen and oxygen atoms in total. The van der Waals surface area contributed by atoms with Gasteiger partial charge in [-0.2, -0.15) is 0 Å². The van der Waals surface area contributed by atoms with E-state index in [0.29, 0.717) is 11.4 Å². The first-order valence-electron chi connectivity index (χ1n) is 10.5. The van der Waals surface area contributed by atoms with E-state index in [1.807, 2.05) is 44.2 Å². The molecule has 1 saturated heterocycles. The van der Waals surface area contributed by atoms with Crippen LogP contribution < -0.4 is 9.64 Å². The van der Waals surface area contributed by atoms with E-state index in [2.05, 4.69) is 4.98 Å². The molecule has 3 heterocycles. The van der Waals surface area contributed by atoms with Crippen molar-refractivity contribution in [2.45, 2.75) is 32.4 Å². The highest BCUT2D eigenvalue weighted by Gasteiger charge is 2.47. The Hall–Kier alpha value is -3.93. The molecule has 1 aromatic heterocycles. The minimum absolute atomic E-state index is 0.0522. The summed E-state index contributed by atoms with van der Waals surface area (Å²) in [7, 11) is 0. The van der Waals surface area contributed by atoms with Crippen LogP contribution in [0.25, 0.3) is 5.76 Å². The molecule has 2 aliphatic rings. The maximum absolute atomic E-state index is 13.2. The molecule has 6 heteroatoms. The highest BCUT2D eigenvalue weighted by molar-refractivity contribution is 6.51. The summed E-state index contributed by atoms with van der Waals surface area (Å²) in [6, 6.07) is 17.3. The number of ether oxygens (including phenoxy) is 1. The van der Waals surface area contributed by atoms with E-state index in [0.717, 1.165) is 28.9 Å². The first-order valence-corrected chi connectivity index (χ1v) is 10.5. The van der Waals surface area contributed by atoms with Crippen LogP contribution in [0.5, 0.6) is 5.75 Å². The summed E-state index contributed by atoms with van der Waals surface area (Å²) < 4.78 is 5.75.